The molecule has 1 atom stereocenters. The maximum atomic E-state index is 13.6. The fourth-order valence-corrected chi connectivity index (χ4v) is 6.32. The van der Waals surface area contributed by atoms with Crippen LogP contribution in [-0.2, 0) is 14.3 Å². The molecule has 3 aromatic carbocycles. The molecule has 40 heavy (non-hydrogen) atoms. The molecule has 12 heteroatoms. The van der Waals surface area contributed by atoms with Crippen molar-refractivity contribution in [2.45, 2.75) is 5.25 Å². The molecule has 1 aliphatic heterocycles. The maximum Gasteiger partial charge on any atom is 0.339 e. The number of hydrogen-bond acceptors (Lipinski definition) is 10. The van der Waals surface area contributed by atoms with E-state index in [0.717, 1.165) is 22.0 Å². The monoisotopic (exact) mass is 592 g/mol. The molecule has 0 saturated carbocycles. The van der Waals surface area contributed by atoms with Crippen molar-refractivity contribution in [3.8, 4) is 0 Å². The van der Waals surface area contributed by atoms with Gasteiger partial charge in [-0.1, -0.05) is 35.5 Å². The van der Waals surface area contributed by atoms with E-state index in [1.54, 1.807) is 24.3 Å². The van der Waals surface area contributed by atoms with E-state index < -0.39 is 23.1 Å². The number of esters is 2. The molecule has 0 bridgehead atoms. The Morgan fingerprint density at radius 2 is 1.73 bits per heavy atom. The standard InChI is InChI=1S/C28H21ClN4O5S2/c1-37-27(35)14-7-12-17(28(36)38-2)19(13-14)32-24(34)23-22(30)21(26-33-18-5-3-4-6-20(18)39-26)25(40-23)31-16-10-8-15(29)9-11-16/h3-13,23H,30H2,1-2H3,(H,32,34)/t23-/m1/s1. The average molecular weight is 593 g/mol. The summed E-state index contributed by atoms with van der Waals surface area (Å²) in [5.41, 5.74) is 9.15. The molecular weight excluding hydrogens is 572 g/mol. The number of aliphatic imine (C=N–C) groups is 1. The highest BCUT2D eigenvalue weighted by Gasteiger charge is 2.37. The molecule has 0 aliphatic carbocycles. The fraction of sp³-hybridized carbons (Fsp3) is 0.107. The van der Waals surface area contributed by atoms with Gasteiger partial charge in [0.05, 0.1) is 52.5 Å². The summed E-state index contributed by atoms with van der Waals surface area (Å²) in [6.07, 6.45) is 0. The second kappa shape index (κ2) is 11.5. The summed E-state index contributed by atoms with van der Waals surface area (Å²) < 4.78 is 10.6. The minimum atomic E-state index is -0.902. The van der Waals surface area contributed by atoms with Crippen LogP contribution in [0.15, 0.2) is 77.4 Å². The summed E-state index contributed by atoms with van der Waals surface area (Å²) in [6.45, 7) is 0. The molecule has 1 aliphatic rings. The number of carbonyl (C=O) groups is 3. The van der Waals surface area contributed by atoms with Gasteiger partial charge in [-0.15, -0.1) is 11.3 Å². The van der Waals surface area contributed by atoms with Crippen LogP contribution >= 0.6 is 34.7 Å². The lowest BCUT2D eigenvalue weighted by Gasteiger charge is -2.14. The van der Waals surface area contributed by atoms with Crippen molar-refractivity contribution in [2.24, 2.45) is 10.7 Å². The van der Waals surface area contributed by atoms with Gasteiger partial charge >= 0.3 is 11.9 Å². The molecule has 0 saturated heterocycles. The smallest absolute Gasteiger partial charge is 0.339 e. The van der Waals surface area contributed by atoms with Gasteiger partial charge < -0.3 is 20.5 Å². The zero-order valence-electron chi connectivity index (χ0n) is 21.1. The van der Waals surface area contributed by atoms with Crippen LogP contribution in [0.2, 0.25) is 5.02 Å². The highest BCUT2D eigenvalue weighted by molar-refractivity contribution is 8.16. The van der Waals surface area contributed by atoms with Gasteiger partial charge in [-0.2, -0.15) is 0 Å². The van der Waals surface area contributed by atoms with Crippen molar-refractivity contribution in [3.63, 3.8) is 0 Å². The van der Waals surface area contributed by atoms with Crippen LogP contribution in [0.1, 0.15) is 25.7 Å². The Balaban J connectivity index is 1.55. The first kappa shape index (κ1) is 27.4. The van der Waals surface area contributed by atoms with Gasteiger partial charge in [0, 0.05) is 10.7 Å². The topological polar surface area (TPSA) is 133 Å². The van der Waals surface area contributed by atoms with Crippen LogP contribution in [0, 0.1) is 0 Å². The van der Waals surface area contributed by atoms with E-state index in [-0.39, 0.29) is 22.5 Å². The third-order valence-electron chi connectivity index (χ3n) is 5.92. The van der Waals surface area contributed by atoms with Gasteiger partial charge in [0.1, 0.15) is 15.3 Å². The molecule has 0 fully saturated rings. The number of rotatable bonds is 6. The number of nitrogens with zero attached hydrogens (tertiary/aromatic N) is 2. The lowest BCUT2D eigenvalue weighted by molar-refractivity contribution is -0.115. The van der Waals surface area contributed by atoms with E-state index in [2.05, 4.69) is 5.32 Å². The summed E-state index contributed by atoms with van der Waals surface area (Å²) in [6, 6.07) is 18.8. The Kier molecular flexibility index (Phi) is 7.88. The van der Waals surface area contributed by atoms with Gasteiger partial charge in [0.15, 0.2) is 0 Å². The molecule has 0 spiro atoms. The normalized spacial score (nSPS) is 15.9. The van der Waals surface area contributed by atoms with E-state index in [1.165, 1.54) is 43.8 Å². The Morgan fingerprint density at radius 1 is 1.00 bits per heavy atom. The van der Waals surface area contributed by atoms with Crippen molar-refractivity contribution in [2.75, 3.05) is 19.5 Å². The third kappa shape index (κ3) is 5.44. The van der Waals surface area contributed by atoms with E-state index in [9.17, 15) is 14.4 Å². The van der Waals surface area contributed by atoms with Crippen molar-refractivity contribution in [3.05, 3.63) is 93.6 Å². The largest absolute Gasteiger partial charge is 0.465 e. The molecule has 1 amide bonds. The van der Waals surface area contributed by atoms with Crippen LogP contribution in [0.3, 0.4) is 0 Å². The summed E-state index contributed by atoms with van der Waals surface area (Å²) in [4.78, 5) is 47.6. The molecule has 5 rings (SSSR count). The Morgan fingerprint density at radius 3 is 2.42 bits per heavy atom. The predicted octanol–water partition coefficient (Wildman–Crippen LogP) is 5.68. The molecule has 202 valence electrons. The quantitative estimate of drug-likeness (QED) is 0.273. The van der Waals surface area contributed by atoms with Crippen LogP contribution in [0.4, 0.5) is 11.4 Å². The van der Waals surface area contributed by atoms with Gasteiger partial charge in [0.2, 0.25) is 5.91 Å². The number of nitrogens with one attached hydrogen (secondary N) is 1. The van der Waals surface area contributed by atoms with E-state index in [0.29, 0.717) is 26.3 Å². The summed E-state index contributed by atoms with van der Waals surface area (Å²) in [5, 5.41) is 3.53. The number of carbonyl (C=O) groups excluding carboxylic acids is 3. The number of ether oxygens (including phenoxy) is 2. The van der Waals surface area contributed by atoms with Gasteiger partial charge in [0.25, 0.3) is 0 Å². The number of anilines is 1. The number of benzene rings is 3. The van der Waals surface area contributed by atoms with Crippen molar-refractivity contribution in [1.29, 1.82) is 0 Å². The number of halogens is 1. The third-order valence-corrected chi connectivity index (χ3v) is 8.45. The van der Waals surface area contributed by atoms with Crippen LogP contribution in [0.5, 0.6) is 0 Å². The van der Waals surface area contributed by atoms with Gasteiger partial charge in [-0.05, 0) is 54.6 Å². The molecule has 3 N–H and O–H groups in total. The van der Waals surface area contributed by atoms with Crippen molar-refractivity contribution >= 4 is 84.8 Å². The molecule has 2 heterocycles. The summed E-state index contributed by atoms with van der Waals surface area (Å²) >= 11 is 8.64. The maximum absolute atomic E-state index is 13.6. The molecule has 1 aromatic heterocycles. The van der Waals surface area contributed by atoms with E-state index in [4.69, 9.17) is 36.8 Å². The zero-order valence-corrected chi connectivity index (χ0v) is 23.5. The molecule has 9 nitrogen and oxygen atoms in total. The SMILES string of the molecule is COC(=O)c1ccc(C(=O)OC)c(NC(=O)[C@@H]2SC(=Nc3ccc(Cl)cc3)C(c3nc4ccccc4s3)=C2N)c1. The number of hydrogen-bond donors (Lipinski definition) is 2. The number of thiazole rings is 1. The Hall–Kier alpha value is -4.19. The number of methoxy groups -OCH3 is 2. The number of fused-ring (bicyclic) bond motifs is 1. The predicted molar refractivity (Wildman–Crippen MR) is 158 cm³/mol. The highest BCUT2D eigenvalue weighted by Crippen LogP contribution is 2.42. The van der Waals surface area contributed by atoms with Crippen LogP contribution in [-0.4, -0.2) is 47.3 Å². The van der Waals surface area contributed by atoms with Crippen molar-refractivity contribution in [1.82, 2.24) is 4.98 Å². The zero-order chi connectivity index (χ0) is 28.4. The minimum Gasteiger partial charge on any atom is -0.465 e. The number of nitrogens with two attached hydrogens (primary N) is 1. The van der Waals surface area contributed by atoms with Gasteiger partial charge in [-0.25, -0.2) is 19.6 Å². The number of aromatic nitrogens is 1. The fourth-order valence-electron chi connectivity index (χ4n) is 3.97. The van der Waals surface area contributed by atoms with Crippen LogP contribution < -0.4 is 11.1 Å². The Labute approximate surface area is 242 Å². The number of amides is 1. The number of para-hydroxylation sites is 1. The first-order valence-electron chi connectivity index (χ1n) is 11.8. The lowest BCUT2D eigenvalue weighted by Crippen LogP contribution is -2.29. The second-order valence-electron chi connectivity index (χ2n) is 8.44. The van der Waals surface area contributed by atoms with Crippen molar-refractivity contribution < 1.29 is 23.9 Å². The first-order chi connectivity index (χ1) is 19.3. The van der Waals surface area contributed by atoms with E-state index >= 15 is 0 Å². The first-order valence-corrected chi connectivity index (χ1v) is 13.8. The molecule has 0 unspecified atom stereocenters. The van der Waals surface area contributed by atoms with Crippen LogP contribution in [0.25, 0.3) is 15.8 Å². The highest BCUT2D eigenvalue weighted by atomic mass is 35.5. The molecule has 0 radical (unpaired) electrons. The minimum absolute atomic E-state index is 0.0653. The average Bonchev–Trinajstić information content (AvgIpc) is 3.53. The summed E-state index contributed by atoms with van der Waals surface area (Å²) in [7, 11) is 2.46. The Bertz CT molecular complexity index is 1680. The molecule has 4 aromatic rings. The van der Waals surface area contributed by atoms with Gasteiger partial charge in [-0.3, -0.25) is 4.79 Å². The lowest BCUT2D eigenvalue weighted by atomic mass is 10.1. The molecular formula is C28H21ClN4O5S2. The number of thioether (sulfide) groups is 1. The second-order valence-corrected chi connectivity index (χ2v) is 11.0. The van der Waals surface area contributed by atoms with E-state index in [1.807, 2.05) is 24.3 Å². The summed E-state index contributed by atoms with van der Waals surface area (Å²) in [5.74, 6) is -1.83.